The molecule has 6 aromatic carbocycles. The van der Waals surface area contributed by atoms with Gasteiger partial charge in [-0.05, 0) is 119 Å². The summed E-state index contributed by atoms with van der Waals surface area (Å²) >= 11 is 0. The Morgan fingerprint density at radius 3 is 1.98 bits per heavy atom. The Balaban J connectivity index is 1.19. The fraction of sp³-hybridized carbons (Fsp3) is 0.132. The number of allylic oxidation sites excluding steroid dienone is 2. The largest absolute Gasteiger partial charge is 0.334 e. The zero-order chi connectivity index (χ0) is 38.1. The number of hydrogen-bond acceptors (Lipinski definition) is 1. The second-order valence-corrected chi connectivity index (χ2v) is 14.9. The molecule has 0 amide bonds. The third-order valence-electron chi connectivity index (χ3n) is 11.3. The summed E-state index contributed by atoms with van der Waals surface area (Å²) in [6.45, 7) is 17.2. The molecule has 0 saturated carbocycles. The maximum Gasteiger partial charge on any atom is 0.0556 e. The van der Waals surface area contributed by atoms with Crippen LogP contribution in [0.2, 0.25) is 0 Å². The van der Waals surface area contributed by atoms with Crippen LogP contribution in [-0.2, 0) is 5.41 Å². The van der Waals surface area contributed by atoms with Crippen molar-refractivity contribution in [3.63, 3.8) is 0 Å². The fourth-order valence-corrected chi connectivity index (χ4v) is 8.64. The number of aromatic nitrogens is 1. The van der Waals surface area contributed by atoms with Crippen LogP contribution in [0.15, 0.2) is 177 Å². The van der Waals surface area contributed by atoms with Gasteiger partial charge in [0.1, 0.15) is 0 Å². The van der Waals surface area contributed by atoms with Gasteiger partial charge in [-0.3, -0.25) is 0 Å². The minimum atomic E-state index is -0.0327. The van der Waals surface area contributed by atoms with Gasteiger partial charge in [0.2, 0.25) is 0 Å². The van der Waals surface area contributed by atoms with Crippen molar-refractivity contribution in [2.24, 2.45) is 0 Å². The summed E-state index contributed by atoms with van der Waals surface area (Å²) < 4.78 is 2.33. The molecule has 1 aliphatic rings. The topological polar surface area (TPSA) is 8.17 Å². The van der Waals surface area contributed by atoms with Crippen molar-refractivity contribution >= 4 is 34.4 Å². The predicted molar refractivity (Wildman–Crippen MR) is 239 cm³/mol. The Bertz CT molecular complexity index is 2580. The highest BCUT2D eigenvalue weighted by atomic mass is 15.2. The molecule has 2 nitrogen and oxygen atoms in total. The number of benzene rings is 6. The van der Waals surface area contributed by atoms with Crippen LogP contribution in [0.5, 0.6) is 0 Å². The molecule has 270 valence electrons. The Labute approximate surface area is 326 Å². The number of hydrogen-bond donors (Lipinski definition) is 0. The molecule has 8 rings (SSSR count). The van der Waals surface area contributed by atoms with Gasteiger partial charge < -0.3 is 9.47 Å². The van der Waals surface area contributed by atoms with E-state index in [2.05, 4.69) is 214 Å². The maximum atomic E-state index is 4.26. The van der Waals surface area contributed by atoms with Crippen molar-refractivity contribution in [1.29, 1.82) is 0 Å². The molecular weight excluding hydrogens is 665 g/mol. The molecule has 1 aliphatic carbocycles. The van der Waals surface area contributed by atoms with Gasteiger partial charge in [-0.2, -0.15) is 0 Å². The van der Waals surface area contributed by atoms with Crippen LogP contribution < -0.4 is 4.90 Å². The summed E-state index contributed by atoms with van der Waals surface area (Å²) in [5.41, 5.74) is 17.0. The van der Waals surface area contributed by atoms with Gasteiger partial charge in [-0.25, -0.2) is 0 Å². The lowest BCUT2D eigenvalue weighted by atomic mass is 9.82. The number of rotatable bonds is 11. The van der Waals surface area contributed by atoms with E-state index in [0.717, 1.165) is 29.0 Å². The first-order chi connectivity index (χ1) is 26.9. The molecule has 1 aromatic heterocycles. The molecular formula is C53H48N2. The molecule has 2 heteroatoms. The zero-order valence-corrected chi connectivity index (χ0v) is 32.3. The molecule has 0 saturated heterocycles. The van der Waals surface area contributed by atoms with Crippen molar-refractivity contribution in [2.45, 2.75) is 45.6 Å². The summed E-state index contributed by atoms with van der Waals surface area (Å²) in [7, 11) is 0. The van der Waals surface area contributed by atoms with Gasteiger partial charge in [0.25, 0.3) is 0 Å². The average Bonchev–Trinajstić information content (AvgIpc) is 3.66. The van der Waals surface area contributed by atoms with Gasteiger partial charge in [-0.15, -0.1) is 6.58 Å². The first-order valence-corrected chi connectivity index (χ1v) is 19.3. The molecule has 0 spiro atoms. The average molecular weight is 713 g/mol. The Morgan fingerprint density at radius 2 is 1.27 bits per heavy atom. The van der Waals surface area contributed by atoms with Gasteiger partial charge >= 0.3 is 0 Å². The normalized spacial score (nSPS) is 13.6. The third kappa shape index (κ3) is 6.28. The van der Waals surface area contributed by atoms with Crippen molar-refractivity contribution < 1.29 is 0 Å². The van der Waals surface area contributed by atoms with E-state index in [0.29, 0.717) is 0 Å². The molecule has 0 N–H and O–H groups in total. The number of nitrogens with zero attached hydrogens (tertiary/aromatic N) is 2. The lowest BCUT2D eigenvalue weighted by molar-refractivity contribution is 0.660. The van der Waals surface area contributed by atoms with E-state index in [1.165, 1.54) is 61.1 Å². The SMILES string of the molecule is C=CCC(/C=C\C)N(c1ccc(-c2ccc3c(c2)c(/C=C\C)c(C=C)n3-c2ccc(-c3ccccc3)cc2)cc1)c1ccc2c(c1)-c1ccccc1C2(C)C. The molecule has 1 atom stereocenters. The van der Waals surface area contributed by atoms with Crippen LogP contribution in [0.1, 0.15) is 56.5 Å². The number of fused-ring (bicyclic) bond motifs is 4. The van der Waals surface area contributed by atoms with E-state index in [1.54, 1.807) is 0 Å². The minimum Gasteiger partial charge on any atom is -0.334 e. The second kappa shape index (κ2) is 14.8. The number of anilines is 2. The summed E-state index contributed by atoms with van der Waals surface area (Å²) in [5, 5.41) is 1.20. The minimum absolute atomic E-state index is 0.0327. The molecule has 0 radical (unpaired) electrons. The fourth-order valence-electron chi connectivity index (χ4n) is 8.64. The molecule has 0 bridgehead atoms. The van der Waals surface area contributed by atoms with E-state index in [9.17, 15) is 0 Å². The van der Waals surface area contributed by atoms with Crippen LogP contribution in [0.3, 0.4) is 0 Å². The second-order valence-electron chi connectivity index (χ2n) is 14.9. The molecule has 1 unspecified atom stereocenters. The van der Waals surface area contributed by atoms with Crippen LogP contribution in [0, 0.1) is 0 Å². The Hall–Kier alpha value is -6.38. The van der Waals surface area contributed by atoms with E-state index in [1.807, 2.05) is 12.2 Å². The standard InChI is InChI=1S/C53H48N2/c1-7-16-41(17-8-2)54(44-32-33-50-47(36-44)45-21-14-15-22-49(45)53(50,5)6)42-28-25-39(26-29-42)40-27-34-52-48(35-40)46(18-9-3)51(10-4)55(52)43-30-23-38(24-31-43)37-19-12-11-13-20-37/h7-15,17-36,41H,1,4,16H2,2-3,5-6H3/b17-8-,18-9-. The van der Waals surface area contributed by atoms with Crippen LogP contribution in [0.25, 0.3) is 62.1 Å². The van der Waals surface area contributed by atoms with E-state index >= 15 is 0 Å². The lowest BCUT2D eigenvalue weighted by Crippen LogP contribution is -2.29. The summed E-state index contributed by atoms with van der Waals surface area (Å²) in [5.74, 6) is 0. The van der Waals surface area contributed by atoms with Gasteiger partial charge in [-0.1, -0.05) is 142 Å². The van der Waals surface area contributed by atoms with Crippen molar-refractivity contribution in [3.8, 4) is 39.1 Å². The Kier molecular flexibility index (Phi) is 9.59. The van der Waals surface area contributed by atoms with Crippen molar-refractivity contribution in [3.05, 3.63) is 199 Å². The predicted octanol–water partition coefficient (Wildman–Crippen LogP) is 14.6. The van der Waals surface area contributed by atoms with Crippen molar-refractivity contribution in [1.82, 2.24) is 4.57 Å². The molecule has 0 fully saturated rings. The van der Waals surface area contributed by atoms with Crippen LogP contribution in [-0.4, -0.2) is 10.6 Å². The zero-order valence-electron chi connectivity index (χ0n) is 32.3. The highest BCUT2D eigenvalue weighted by molar-refractivity contribution is 5.98. The maximum absolute atomic E-state index is 4.26. The van der Waals surface area contributed by atoms with Gasteiger partial charge in [0, 0.05) is 33.4 Å². The summed E-state index contributed by atoms with van der Waals surface area (Å²) in [4.78, 5) is 2.46. The van der Waals surface area contributed by atoms with Crippen LogP contribution >= 0.6 is 0 Å². The van der Waals surface area contributed by atoms with Gasteiger partial charge in [0.05, 0.1) is 17.3 Å². The molecule has 1 heterocycles. The first kappa shape index (κ1) is 35.6. The van der Waals surface area contributed by atoms with E-state index in [-0.39, 0.29) is 11.5 Å². The van der Waals surface area contributed by atoms with E-state index in [4.69, 9.17) is 0 Å². The molecule has 0 aliphatic heterocycles. The highest BCUT2D eigenvalue weighted by Gasteiger charge is 2.35. The van der Waals surface area contributed by atoms with Crippen molar-refractivity contribution in [2.75, 3.05) is 4.90 Å². The quantitative estimate of drug-likeness (QED) is 0.121. The Morgan fingerprint density at radius 1 is 0.636 bits per heavy atom. The summed E-state index contributed by atoms with van der Waals surface area (Å²) in [6.07, 6.45) is 13.6. The lowest BCUT2D eigenvalue weighted by Gasteiger charge is -2.32. The summed E-state index contributed by atoms with van der Waals surface area (Å²) in [6, 6.07) is 51.3. The highest BCUT2D eigenvalue weighted by Crippen LogP contribution is 2.50. The third-order valence-corrected chi connectivity index (χ3v) is 11.3. The smallest absolute Gasteiger partial charge is 0.0556 e. The van der Waals surface area contributed by atoms with Crippen LogP contribution in [0.4, 0.5) is 11.4 Å². The molecule has 55 heavy (non-hydrogen) atoms. The monoisotopic (exact) mass is 712 g/mol. The van der Waals surface area contributed by atoms with E-state index < -0.39 is 0 Å². The molecule has 7 aromatic rings. The first-order valence-electron chi connectivity index (χ1n) is 19.3. The van der Waals surface area contributed by atoms with Gasteiger partial charge in [0.15, 0.2) is 0 Å².